The van der Waals surface area contributed by atoms with Gasteiger partial charge in [-0.3, -0.25) is 24.8 Å². The van der Waals surface area contributed by atoms with Crippen LogP contribution in [0, 0.1) is 17.0 Å². The molecule has 33 heavy (non-hydrogen) atoms. The van der Waals surface area contributed by atoms with E-state index in [0.717, 1.165) is 16.6 Å². The quantitative estimate of drug-likeness (QED) is 0.453. The summed E-state index contributed by atoms with van der Waals surface area (Å²) in [4.78, 5) is 32.3. The molecule has 0 aliphatic carbocycles. The Hall–Kier alpha value is -3.72. The van der Waals surface area contributed by atoms with Crippen LogP contribution in [0.15, 0.2) is 48.8 Å². The molecule has 4 rings (SSSR count). The van der Waals surface area contributed by atoms with Gasteiger partial charge in [-0.15, -0.1) is 0 Å². The fourth-order valence-electron chi connectivity index (χ4n) is 4.27. The number of nitro groups is 1. The first-order chi connectivity index (χ1) is 15.9. The number of methoxy groups -OCH3 is 1. The molecule has 0 unspecified atom stereocenters. The molecule has 1 aliphatic heterocycles. The van der Waals surface area contributed by atoms with Crippen LogP contribution >= 0.6 is 0 Å². The molecular formula is C24H27N5O4. The highest BCUT2D eigenvalue weighted by Crippen LogP contribution is 2.33. The minimum Gasteiger partial charge on any atom is -0.495 e. The van der Waals surface area contributed by atoms with Gasteiger partial charge in [-0.2, -0.15) is 0 Å². The molecule has 0 radical (unpaired) electrons. The van der Waals surface area contributed by atoms with E-state index >= 15 is 0 Å². The van der Waals surface area contributed by atoms with Crippen molar-refractivity contribution in [2.45, 2.75) is 19.9 Å². The lowest BCUT2D eigenvalue weighted by Crippen LogP contribution is -2.52. The van der Waals surface area contributed by atoms with Crippen molar-refractivity contribution in [2.75, 3.05) is 43.5 Å². The number of nitrogens with one attached hydrogen (secondary N) is 1. The smallest absolute Gasteiger partial charge is 0.278 e. The van der Waals surface area contributed by atoms with E-state index in [4.69, 9.17) is 4.74 Å². The number of piperazine rings is 1. The first-order valence-corrected chi connectivity index (χ1v) is 10.8. The molecule has 2 aromatic carbocycles. The van der Waals surface area contributed by atoms with Gasteiger partial charge < -0.3 is 15.0 Å². The molecule has 1 saturated heterocycles. The number of ether oxygens (including phenoxy) is 1. The summed E-state index contributed by atoms with van der Waals surface area (Å²) in [6.45, 7) is 6.68. The van der Waals surface area contributed by atoms with Gasteiger partial charge in [0.15, 0.2) is 0 Å². The number of hydrogen-bond acceptors (Lipinski definition) is 7. The van der Waals surface area contributed by atoms with Crippen molar-refractivity contribution in [1.29, 1.82) is 0 Å². The Kier molecular flexibility index (Phi) is 6.41. The van der Waals surface area contributed by atoms with Crippen LogP contribution in [-0.2, 0) is 4.79 Å². The molecule has 9 heteroatoms. The number of carbonyl (C=O) groups excluding carboxylic acids is 1. The molecule has 172 valence electrons. The van der Waals surface area contributed by atoms with Gasteiger partial charge in [-0.25, -0.2) is 0 Å². The lowest BCUT2D eigenvalue weighted by molar-refractivity contribution is -0.383. The molecule has 9 nitrogen and oxygen atoms in total. The van der Waals surface area contributed by atoms with Crippen molar-refractivity contribution in [1.82, 2.24) is 9.88 Å². The Labute approximate surface area is 192 Å². The lowest BCUT2D eigenvalue weighted by atomic mass is 10.1. The lowest BCUT2D eigenvalue weighted by Gasteiger charge is -2.39. The zero-order valence-corrected chi connectivity index (χ0v) is 18.9. The van der Waals surface area contributed by atoms with Crippen molar-refractivity contribution >= 4 is 33.7 Å². The molecule has 1 aromatic heterocycles. The third-order valence-corrected chi connectivity index (χ3v) is 6.16. The first kappa shape index (κ1) is 22.5. The van der Waals surface area contributed by atoms with Crippen molar-refractivity contribution in [3.63, 3.8) is 0 Å². The van der Waals surface area contributed by atoms with Crippen LogP contribution in [0.5, 0.6) is 5.75 Å². The van der Waals surface area contributed by atoms with E-state index in [1.165, 1.54) is 6.07 Å². The Balaban J connectivity index is 1.45. The number of rotatable bonds is 6. The van der Waals surface area contributed by atoms with Crippen LogP contribution in [0.3, 0.4) is 0 Å². The number of pyridine rings is 1. The second-order valence-corrected chi connectivity index (χ2v) is 8.17. The second-order valence-electron chi connectivity index (χ2n) is 8.17. The molecule has 0 spiro atoms. The number of carbonyl (C=O) groups is 1. The maximum Gasteiger partial charge on any atom is 0.278 e. The van der Waals surface area contributed by atoms with Gasteiger partial charge in [0, 0.05) is 55.7 Å². The summed E-state index contributed by atoms with van der Waals surface area (Å²) < 4.78 is 5.37. The maximum absolute atomic E-state index is 12.9. The van der Waals surface area contributed by atoms with Gasteiger partial charge in [-0.05, 0) is 43.7 Å². The largest absolute Gasteiger partial charge is 0.495 e. The Morgan fingerprint density at radius 2 is 1.91 bits per heavy atom. The van der Waals surface area contributed by atoms with E-state index < -0.39 is 0 Å². The molecule has 1 amide bonds. The average molecular weight is 450 g/mol. The molecule has 0 saturated carbocycles. The third kappa shape index (κ3) is 4.58. The van der Waals surface area contributed by atoms with Crippen LogP contribution < -0.4 is 15.0 Å². The number of anilines is 2. The maximum atomic E-state index is 12.9. The van der Waals surface area contributed by atoms with Crippen molar-refractivity contribution in [3.05, 3.63) is 64.5 Å². The fraction of sp³-hybridized carbons (Fsp3) is 0.333. The minimum atomic E-state index is -0.380. The third-order valence-electron chi connectivity index (χ3n) is 6.16. The summed E-state index contributed by atoms with van der Waals surface area (Å²) in [6, 6.07) is 10.5. The molecule has 1 aliphatic rings. The zero-order chi connectivity index (χ0) is 23.5. The Bertz CT molecular complexity index is 1190. The zero-order valence-electron chi connectivity index (χ0n) is 18.9. The van der Waals surface area contributed by atoms with Crippen LogP contribution in [0.25, 0.3) is 10.8 Å². The number of hydrogen-bond donors (Lipinski definition) is 1. The van der Waals surface area contributed by atoms with Gasteiger partial charge in [0.05, 0.1) is 29.1 Å². The van der Waals surface area contributed by atoms with Gasteiger partial charge in [-0.1, -0.05) is 6.07 Å². The Morgan fingerprint density at radius 1 is 1.15 bits per heavy atom. The van der Waals surface area contributed by atoms with E-state index in [9.17, 15) is 14.9 Å². The van der Waals surface area contributed by atoms with E-state index in [1.54, 1.807) is 25.6 Å². The SMILES string of the molecule is COc1ccc(C)cc1NC(=O)[C@@H](C)N1CCN(c2ccc([N+](=O)[O-])c3cnccc23)CC1. The van der Waals surface area contributed by atoms with Crippen molar-refractivity contribution in [3.8, 4) is 5.75 Å². The number of nitro benzene ring substituents is 1. The number of aryl methyl sites for hydroxylation is 1. The second kappa shape index (κ2) is 9.41. The monoisotopic (exact) mass is 449 g/mol. The molecule has 3 aromatic rings. The number of fused-ring (bicyclic) bond motifs is 1. The number of benzene rings is 2. The summed E-state index contributed by atoms with van der Waals surface area (Å²) in [5, 5.41) is 15.7. The van der Waals surface area contributed by atoms with Gasteiger partial charge >= 0.3 is 0 Å². The highest BCUT2D eigenvalue weighted by Gasteiger charge is 2.27. The molecule has 2 heterocycles. The van der Waals surface area contributed by atoms with Crippen molar-refractivity contribution in [2.24, 2.45) is 0 Å². The van der Waals surface area contributed by atoms with Gasteiger partial charge in [0.1, 0.15) is 5.75 Å². The van der Waals surface area contributed by atoms with E-state index in [-0.39, 0.29) is 22.6 Å². The summed E-state index contributed by atoms with van der Waals surface area (Å²) in [5.41, 5.74) is 2.70. The highest BCUT2D eigenvalue weighted by molar-refractivity contribution is 5.99. The highest BCUT2D eigenvalue weighted by atomic mass is 16.6. The number of nitrogens with zero attached hydrogens (tertiary/aromatic N) is 4. The van der Waals surface area contributed by atoms with Crippen molar-refractivity contribution < 1.29 is 14.5 Å². The van der Waals surface area contributed by atoms with Crippen LogP contribution in [-0.4, -0.2) is 60.0 Å². The topological polar surface area (TPSA) is 101 Å². The number of amides is 1. The summed E-state index contributed by atoms with van der Waals surface area (Å²) in [6.07, 6.45) is 3.19. The number of aromatic nitrogens is 1. The predicted molar refractivity (Wildman–Crippen MR) is 128 cm³/mol. The normalized spacial score (nSPS) is 15.3. The number of non-ortho nitro benzene ring substituents is 1. The molecular weight excluding hydrogens is 422 g/mol. The van der Waals surface area contributed by atoms with E-state index in [1.807, 2.05) is 38.1 Å². The summed E-state index contributed by atoms with van der Waals surface area (Å²) in [5.74, 6) is 0.546. The van der Waals surface area contributed by atoms with Crippen LogP contribution in [0.2, 0.25) is 0 Å². The predicted octanol–water partition coefficient (Wildman–Crippen LogP) is 3.61. The molecule has 1 atom stereocenters. The van der Waals surface area contributed by atoms with Crippen LogP contribution in [0.4, 0.5) is 17.1 Å². The van der Waals surface area contributed by atoms with E-state index in [2.05, 4.69) is 20.1 Å². The standard InChI is InChI=1S/C24H27N5O4/c1-16-4-7-23(33-3)20(14-16)26-24(30)17(2)27-10-12-28(13-11-27)21-5-6-22(29(31)32)19-15-25-9-8-18(19)21/h4-9,14-15,17H,10-13H2,1-3H3,(H,26,30)/t17-/m1/s1. The minimum absolute atomic E-state index is 0.0531. The molecule has 0 bridgehead atoms. The summed E-state index contributed by atoms with van der Waals surface area (Å²) >= 11 is 0. The Morgan fingerprint density at radius 3 is 2.61 bits per heavy atom. The molecule has 1 N–H and O–H groups in total. The molecule has 1 fully saturated rings. The average Bonchev–Trinajstić information content (AvgIpc) is 2.83. The first-order valence-electron chi connectivity index (χ1n) is 10.8. The summed E-state index contributed by atoms with van der Waals surface area (Å²) in [7, 11) is 1.58. The van der Waals surface area contributed by atoms with Gasteiger partial charge in [0.25, 0.3) is 5.69 Å². The fourth-order valence-corrected chi connectivity index (χ4v) is 4.27. The van der Waals surface area contributed by atoms with Crippen LogP contribution in [0.1, 0.15) is 12.5 Å². The van der Waals surface area contributed by atoms with Gasteiger partial charge in [0.2, 0.25) is 5.91 Å². The van der Waals surface area contributed by atoms with E-state index in [0.29, 0.717) is 43.0 Å².